The maximum atomic E-state index is 12.8. The third-order valence-electron chi connectivity index (χ3n) is 3.14. The van der Waals surface area contributed by atoms with Gasteiger partial charge in [0, 0.05) is 5.56 Å². The van der Waals surface area contributed by atoms with Gasteiger partial charge in [0.25, 0.3) is 5.91 Å². The molecule has 21 heavy (non-hydrogen) atoms. The van der Waals surface area contributed by atoms with Gasteiger partial charge < -0.3 is 15.5 Å². The Kier molecular flexibility index (Phi) is 5.03. The van der Waals surface area contributed by atoms with Crippen LogP contribution in [0.5, 0.6) is 0 Å². The van der Waals surface area contributed by atoms with Gasteiger partial charge in [-0.1, -0.05) is 30.3 Å². The van der Waals surface area contributed by atoms with Crippen LogP contribution < -0.4 is 5.32 Å². The van der Waals surface area contributed by atoms with Crippen molar-refractivity contribution in [2.24, 2.45) is 0 Å². The molecule has 2 rings (SSSR count). The quantitative estimate of drug-likeness (QED) is 0.784. The molecule has 2 aromatic carbocycles. The Morgan fingerprint density at radius 2 is 1.71 bits per heavy atom. The lowest BCUT2D eigenvalue weighted by Crippen LogP contribution is -2.41. The number of aliphatic hydroxyl groups is 2. The van der Waals surface area contributed by atoms with Gasteiger partial charge in [-0.25, -0.2) is 4.39 Å². The van der Waals surface area contributed by atoms with Crippen LogP contribution in [0.3, 0.4) is 0 Å². The summed E-state index contributed by atoms with van der Waals surface area (Å²) < 4.78 is 12.8. The summed E-state index contributed by atoms with van der Waals surface area (Å²) in [5, 5.41) is 22.1. The third-order valence-corrected chi connectivity index (χ3v) is 3.14. The minimum absolute atomic E-state index is 0.259. The van der Waals surface area contributed by atoms with E-state index in [1.165, 1.54) is 24.3 Å². The first-order valence-corrected chi connectivity index (χ1v) is 6.52. The zero-order valence-corrected chi connectivity index (χ0v) is 11.2. The van der Waals surface area contributed by atoms with Crippen LogP contribution in [0, 0.1) is 5.82 Å². The van der Waals surface area contributed by atoms with Gasteiger partial charge in [-0.05, 0) is 29.8 Å². The first-order valence-electron chi connectivity index (χ1n) is 6.52. The van der Waals surface area contributed by atoms with Gasteiger partial charge in [-0.2, -0.15) is 0 Å². The van der Waals surface area contributed by atoms with E-state index in [1.807, 2.05) is 0 Å². The first kappa shape index (κ1) is 15.2. The van der Waals surface area contributed by atoms with Gasteiger partial charge in [0.1, 0.15) is 11.9 Å². The Hall–Kier alpha value is -2.24. The van der Waals surface area contributed by atoms with Crippen molar-refractivity contribution in [3.63, 3.8) is 0 Å². The number of hydrogen-bond donors (Lipinski definition) is 3. The Morgan fingerprint density at radius 3 is 2.29 bits per heavy atom. The Labute approximate surface area is 121 Å². The summed E-state index contributed by atoms with van der Waals surface area (Å²) in [5.74, 6) is -0.918. The fourth-order valence-electron chi connectivity index (χ4n) is 1.96. The van der Waals surface area contributed by atoms with E-state index in [0.29, 0.717) is 5.56 Å². The van der Waals surface area contributed by atoms with E-state index in [-0.39, 0.29) is 5.56 Å². The zero-order valence-electron chi connectivity index (χ0n) is 11.2. The number of nitrogens with one attached hydrogen (secondary N) is 1. The fourth-order valence-corrected chi connectivity index (χ4v) is 1.96. The second-order valence-electron chi connectivity index (χ2n) is 4.62. The summed E-state index contributed by atoms with van der Waals surface area (Å²) >= 11 is 0. The molecule has 2 atom stereocenters. The Balaban J connectivity index is 2.08. The minimum Gasteiger partial charge on any atom is -0.394 e. The summed E-state index contributed by atoms with van der Waals surface area (Å²) in [6, 6.07) is 12.9. The van der Waals surface area contributed by atoms with Crippen molar-refractivity contribution in [2.75, 3.05) is 6.61 Å². The highest BCUT2D eigenvalue weighted by atomic mass is 19.1. The van der Waals surface area contributed by atoms with Gasteiger partial charge >= 0.3 is 0 Å². The van der Waals surface area contributed by atoms with Crippen molar-refractivity contribution in [3.8, 4) is 0 Å². The van der Waals surface area contributed by atoms with Gasteiger partial charge in [0.15, 0.2) is 0 Å². The Morgan fingerprint density at radius 1 is 1.10 bits per heavy atom. The van der Waals surface area contributed by atoms with E-state index >= 15 is 0 Å². The predicted octanol–water partition coefficient (Wildman–Crippen LogP) is 1.65. The molecule has 0 heterocycles. The lowest BCUT2D eigenvalue weighted by atomic mass is 10.0. The molecule has 0 fully saturated rings. The van der Waals surface area contributed by atoms with Crippen molar-refractivity contribution in [2.45, 2.75) is 12.1 Å². The molecule has 0 aromatic heterocycles. The molecule has 0 saturated heterocycles. The van der Waals surface area contributed by atoms with Gasteiger partial charge in [0.2, 0.25) is 0 Å². The van der Waals surface area contributed by atoms with Crippen LogP contribution in [0.2, 0.25) is 0 Å². The van der Waals surface area contributed by atoms with E-state index in [2.05, 4.69) is 5.32 Å². The number of carbonyl (C=O) groups excluding carboxylic acids is 1. The summed E-state index contributed by atoms with van der Waals surface area (Å²) in [6.07, 6.45) is -1.03. The maximum absolute atomic E-state index is 12.8. The molecular weight excluding hydrogens is 273 g/mol. The molecule has 110 valence electrons. The molecule has 2 aromatic rings. The fraction of sp³-hybridized carbons (Fsp3) is 0.188. The van der Waals surface area contributed by atoms with Crippen molar-refractivity contribution in [3.05, 3.63) is 71.5 Å². The summed E-state index contributed by atoms with van der Waals surface area (Å²) in [4.78, 5) is 12.0. The van der Waals surface area contributed by atoms with Gasteiger partial charge in [-0.3, -0.25) is 4.79 Å². The van der Waals surface area contributed by atoms with E-state index in [1.54, 1.807) is 30.3 Å². The number of benzene rings is 2. The number of carbonyl (C=O) groups is 1. The normalized spacial score (nSPS) is 13.5. The topological polar surface area (TPSA) is 69.6 Å². The monoisotopic (exact) mass is 289 g/mol. The summed E-state index contributed by atoms with van der Waals surface area (Å²) in [5.41, 5.74) is 0.853. The van der Waals surface area contributed by atoms with Crippen molar-refractivity contribution in [1.82, 2.24) is 5.32 Å². The van der Waals surface area contributed by atoms with Crippen LogP contribution in [0.25, 0.3) is 0 Å². The second kappa shape index (κ2) is 6.97. The summed E-state index contributed by atoms with van der Waals surface area (Å²) in [7, 11) is 0. The molecule has 1 amide bonds. The highest BCUT2D eigenvalue weighted by molar-refractivity contribution is 5.94. The largest absolute Gasteiger partial charge is 0.394 e. The number of aliphatic hydroxyl groups excluding tert-OH is 2. The highest BCUT2D eigenvalue weighted by Crippen LogP contribution is 2.16. The zero-order chi connectivity index (χ0) is 15.2. The lowest BCUT2D eigenvalue weighted by Gasteiger charge is -2.22. The maximum Gasteiger partial charge on any atom is 0.251 e. The molecule has 0 aliphatic rings. The molecule has 4 nitrogen and oxygen atoms in total. The molecule has 0 radical (unpaired) electrons. The lowest BCUT2D eigenvalue weighted by molar-refractivity contribution is 0.0703. The van der Waals surface area contributed by atoms with E-state index in [4.69, 9.17) is 0 Å². The standard InChI is InChI=1S/C16H16FNO3/c17-13-8-6-12(7-9-13)16(21)18-14(10-19)15(20)11-4-2-1-3-5-11/h1-9,14-15,19-20H,10H2,(H,18,21)/t14-,15?/m0/s1. The van der Waals surface area contributed by atoms with Crippen LogP contribution in [0.1, 0.15) is 22.0 Å². The molecule has 0 aliphatic carbocycles. The number of rotatable bonds is 5. The van der Waals surface area contributed by atoms with Crippen molar-refractivity contribution in [1.29, 1.82) is 0 Å². The third kappa shape index (κ3) is 3.87. The first-order chi connectivity index (χ1) is 10.1. The van der Waals surface area contributed by atoms with Gasteiger partial charge in [0.05, 0.1) is 12.6 Å². The van der Waals surface area contributed by atoms with Crippen molar-refractivity contribution < 1.29 is 19.4 Å². The molecule has 0 saturated carbocycles. The molecule has 0 spiro atoms. The van der Waals surface area contributed by atoms with E-state index < -0.39 is 30.5 Å². The van der Waals surface area contributed by atoms with Crippen LogP contribution in [-0.2, 0) is 0 Å². The predicted molar refractivity (Wildman–Crippen MR) is 76.1 cm³/mol. The minimum atomic E-state index is -1.03. The van der Waals surface area contributed by atoms with E-state index in [9.17, 15) is 19.4 Å². The second-order valence-corrected chi connectivity index (χ2v) is 4.62. The van der Waals surface area contributed by atoms with Crippen LogP contribution in [-0.4, -0.2) is 28.8 Å². The summed E-state index contributed by atoms with van der Waals surface area (Å²) in [6.45, 7) is -0.414. The highest BCUT2D eigenvalue weighted by Gasteiger charge is 2.22. The van der Waals surface area contributed by atoms with E-state index in [0.717, 1.165) is 0 Å². The van der Waals surface area contributed by atoms with Crippen LogP contribution in [0.15, 0.2) is 54.6 Å². The average Bonchev–Trinajstić information content (AvgIpc) is 2.53. The number of amides is 1. The molecule has 5 heteroatoms. The average molecular weight is 289 g/mol. The number of halogens is 1. The molecule has 0 aliphatic heterocycles. The van der Waals surface area contributed by atoms with Crippen LogP contribution in [0.4, 0.5) is 4.39 Å². The number of hydrogen-bond acceptors (Lipinski definition) is 3. The van der Waals surface area contributed by atoms with Crippen molar-refractivity contribution >= 4 is 5.91 Å². The van der Waals surface area contributed by atoms with Gasteiger partial charge in [-0.15, -0.1) is 0 Å². The Bertz CT molecular complexity index is 586. The SMILES string of the molecule is O=C(N[C@@H](CO)C(O)c1ccccc1)c1ccc(F)cc1. The molecule has 3 N–H and O–H groups in total. The molecule has 0 bridgehead atoms. The smallest absolute Gasteiger partial charge is 0.251 e. The van der Waals surface area contributed by atoms with Crippen LogP contribution >= 0.6 is 0 Å². The molecular formula is C16H16FNO3. The molecule has 1 unspecified atom stereocenters.